The summed E-state index contributed by atoms with van der Waals surface area (Å²) in [4.78, 5) is 31.3. The predicted molar refractivity (Wildman–Crippen MR) is 99.5 cm³/mol. The van der Waals surface area contributed by atoms with Gasteiger partial charge in [-0.15, -0.1) is 0 Å². The molecular weight excluding hydrogens is 370 g/mol. The summed E-state index contributed by atoms with van der Waals surface area (Å²) in [5.41, 5.74) is 6.93. The van der Waals surface area contributed by atoms with E-state index in [9.17, 15) is 18.0 Å². The standard InChI is InChI=1S/C17H21N5O4S/c1-11-10-12(2)20-17(19-11)22-21-16(24)8-9-18-27(25,26)15-6-4-14(5-7-15)13(3)23/h4-7,10,18H,8-9H2,1-3H3,(H,21,24)(H,19,20,22). The average Bonchev–Trinajstić information content (AvgIpc) is 2.59. The van der Waals surface area contributed by atoms with Crippen molar-refractivity contribution in [2.24, 2.45) is 0 Å². The number of hydrogen-bond acceptors (Lipinski definition) is 7. The second-order valence-electron chi connectivity index (χ2n) is 5.88. The summed E-state index contributed by atoms with van der Waals surface area (Å²) in [5.74, 6) is -0.316. The van der Waals surface area contributed by atoms with Crippen molar-refractivity contribution in [1.29, 1.82) is 0 Å². The largest absolute Gasteiger partial charge is 0.295 e. The van der Waals surface area contributed by atoms with Crippen molar-refractivity contribution in [1.82, 2.24) is 20.1 Å². The van der Waals surface area contributed by atoms with Gasteiger partial charge in [-0.3, -0.25) is 20.4 Å². The third kappa shape index (κ3) is 6.12. The van der Waals surface area contributed by atoms with E-state index in [1.165, 1.54) is 31.2 Å². The number of hydrazine groups is 1. The van der Waals surface area contributed by atoms with Crippen LogP contribution < -0.4 is 15.6 Å². The van der Waals surface area contributed by atoms with Crippen LogP contribution in [-0.2, 0) is 14.8 Å². The maximum atomic E-state index is 12.2. The Hall–Kier alpha value is -2.85. The van der Waals surface area contributed by atoms with Gasteiger partial charge in [0.25, 0.3) is 0 Å². The Bertz CT molecular complexity index is 922. The number of rotatable bonds is 8. The SMILES string of the molecule is CC(=O)c1ccc(S(=O)(=O)NCCC(=O)NNc2nc(C)cc(C)n2)cc1. The molecule has 0 aliphatic heterocycles. The van der Waals surface area contributed by atoms with E-state index in [0.717, 1.165) is 11.4 Å². The van der Waals surface area contributed by atoms with Crippen LogP contribution in [0.5, 0.6) is 0 Å². The van der Waals surface area contributed by atoms with Crippen LogP contribution in [-0.4, -0.2) is 36.6 Å². The number of anilines is 1. The molecule has 9 nitrogen and oxygen atoms in total. The number of nitrogens with one attached hydrogen (secondary N) is 3. The summed E-state index contributed by atoms with van der Waals surface area (Å²) in [7, 11) is -3.76. The number of aromatic nitrogens is 2. The lowest BCUT2D eigenvalue weighted by molar-refractivity contribution is -0.120. The van der Waals surface area contributed by atoms with E-state index in [0.29, 0.717) is 5.56 Å². The van der Waals surface area contributed by atoms with E-state index < -0.39 is 15.9 Å². The lowest BCUT2D eigenvalue weighted by Gasteiger charge is -2.09. The molecule has 0 aliphatic rings. The smallest absolute Gasteiger partial charge is 0.242 e. The zero-order valence-corrected chi connectivity index (χ0v) is 16.1. The lowest BCUT2D eigenvalue weighted by Crippen LogP contribution is -2.34. The number of ketones is 1. The number of benzene rings is 1. The minimum atomic E-state index is -3.76. The van der Waals surface area contributed by atoms with E-state index in [1.54, 1.807) is 19.9 Å². The number of sulfonamides is 1. The van der Waals surface area contributed by atoms with Crippen molar-refractivity contribution in [2.45, 2.75) is 32.1 Å². The predicted octanol–water partition coefficient (Wildman–Crippen LogP) is 1.11. The minimum absolute atomic E-state index is 0.0228. The van der Waals surface area contributed by atoms with Crippen LogP contribution in [0.3, 0.4) is 0 Å². The van der Waals surface area contributed by atoms with Crippen LogP contribution in [0, 0.1) is 13.8 Å². The van der Waals surface area contributed by atoms with E-state index in [4.69, 9.17) is 0 Å². The molecule has 1 heterocycles. The van der Waals surface area contributed by atoms with E-state index in [-0.39, 0.29) is 29.6 Å². The minimum Gasteiger partial charge on any atom is -0.295 e. The first kappa shape index (κ1) is 20.5. The Labute approximate surface area is 157 Å². The van der Waals surface area contributed by atoms with Gasteiger partial charge in [-0.25, -0.2) is 23.1 Å². The Kier molecular flexibility index (Phi) is 6.59. The van der Waals surface area contributed by atoms with Gasteiger partial charge < -0.3 is 0 Å². The molecule has 0 radical (unpaired) electrons. The molecule has 144 valence electrons. The summed E-state index contributed by atoms with van der Waals surface area (Å²) >= 11 is 0. The molecule has 2 aromatic rings. The molecule has 10 heteroatoms. The fourth-order valence-electron chi connectivity index (χ4n) is 2.22. The topological polar surface area (TPSA) is 130 Å². The third-order valence-electron chi connectivity index (χ3n) is 3.51. The highest BCUT2D eigenvalue weighted by Gasteiger charge is 2.14. The summed E-state index contributed by atoms with van der Waals surface area (Å²) < 4.78 is 26.7. The molecule has 3 N–H and O–H groups in total. The van der Waals surface area contributed by atoms with Crippen LogP contribution in [0.15, 0.2) is 35.2 Å². The molecule has 0 aliphatic carbocycles. The van der Waals surface area contributed by atoms with Crippen molar-refractivity contribution in [3.63, 3.8) is 0 Å². The quantitative estimate of drug-likeness (QED) is 0.454. The fourth-order valence-corrected chi connectivity index (χ4v) is 3.25. The van der Waals surface area contributed by atoms with Crippen LogP contribution >= 0.6 is 0 Å². The Morgan fingerprint density at radius 2 is 1.63 bits per heavy atom. The Balaban J connectivity index is 1.83. The molecule has 1 aromatic heterocycles. The van der Waals surface area contributed by atoms with Crippen LogP contribution in [0.2, 0.25) is 0 Å². The lowest BCUT2D eigenvalue weighted by atomic mass is 10.2. The number of carbonyl (C=O) groups is 2. The molecule has 0 fully saturated rings. The first-order valence-electron chi connectivity index (χ1n) is 8.15. The van der Waals surface area contributed by atoms with E-state index in [2.05, 4.69) is 25.5 Å². The van der Waals surface area contributed by atoms with Gasteiger partial charge in [0.2, 0.25) is 21.9 Å². The van der Waals surface area contributed by atoms with Crippen molar-refractivity contribution in [3.8, 4) is 0 Å². The van der Waals surface area contributed by atoms with Crippen LogP contribution in [0.1, 0.15) is 35.1 Å². The Morgan fingerprint density at radius 3 is 2.19 bits per heavy atom. The number of carbonyl (C=O) groups excluding carboxylic acids is 2. The normalized spacial score (nSPS) is 11.1. The van der Waals surface area contributed by atoms with Gasteiger partial charge in [-0.2, -0.15) is 0 Å². The second kappa shape index (κ2) is 8.69. The first-order chi connectivity index (χ1) is 12.7. The summed E-state index contributed by atoms with van der Waals surface area (Å²) in [6, 6.07) is 7.37. The van der Waals surface area contributed by atoms with Gasteiger partial charge in [0.1, 0.15) is 0 Å². The second-order valence-corrected chi connectivity index (χ2v) is 7.64. The molecular formula is C17H21N5O4S. The molecule has 2 rings (SSSR count). The zero-order chi connectivity index (χ0) is 20.0. The molecule has 27 heavy (non-hydrogen) atoms. The van der Waals surface area contributed by atoms with Gasteiger partial charge >= 0.3 is 0 Å². The molecule has 0 bridgehead atoms. The molecule has 0 unspecified atom stereocenters. The Morgan fingerprint density at radius 1 is 1.04 bits per heavy atom. The summed E-state index contributed by atoms with van der Waals surface area (Å²) in [5, 5.41) is 0. The van der Waals surface area contributed by atoms with Crippen molar-refractivity contribution < 1.29 is 18.0 Å². The molecule has 0 saturated carbocycles. The van der Waals surface area contributed by atoms with Gasteiger partial charge in [0.05, 0.1) is 4.90 Å². The highest BCUT2D eigenvalue weighted by atomic mass is 32.2. The molecule has 0 saturated heterocycles. The molecule has 0 atom stereocenters. The number of amides is 1. The van der Waals surface area contributed by atoms with Crippen molar-refractivity contribution in [2.75, 3.05) is 12.0 Å². The van der Waals surface area contributed by atoms with Gasteiger partial charge in [0.15, 0.2) is 5.78 Å². The molecule has 0 spiro atoms. The fraction of sp³-hybridized carbons (Fsp3) is 0.294. The van der Waals surface area contributed by atoms with Crippen molar-refractivity contribution >= 4 is 27.7 Å². The monoisotopic (exact) mass is 391 g/mol. The maximum Gasteiger partial charge on any atom is 0.242 e. The number of Topliss-reactive ketones (excluding diaryl/α,β-unsaturated/α-hetero) is 1. The molecule has 1 aromatic carbocycles. The van der Waals surface area contributed by atoms with E-state index in [1.807, 2.05) is 0 Å². The van der Waals surface area contributed by atoms with E-state index >= 15 is 0 Å². The highest BCUT2D eigenvalue weighted by Crippen LogP contribution is 2.11. The number of nitrogens with zero attached hydrogens (tertiary/aromatic N) is 2. The highest BCUT2D eigenvalue weighted by molar-refractivity contribution is 7.89. The number of aryl methyl sites for hydroxylation is 2. The van der Waals surface area contributed by atoms with Gasteiger partial charge in [-0.05, 0) is 39.0 Å². The van der Waals surface area contributed by atoms with Gasteiger partial charge in [-0.1, -0.05) is 12.1 Å². The summed E-state index contributed by atoms with van der Waals surface area (Å²) in [6.45, 7) is 4.92. The first-order valence-corrected chi connectivity index (χ1v) is 9.63. The summed E-state index contributed by atoms with van der Waals surface area (Å²) in [6.07, 6.45) is -0.0808. The zero-order valence-electron chi connectivity index (χ0n) is 15.2. The molecule has 1 amide bonds. The maximum absolute atomic E-state index is 12.2. The number of hydrogen-bond donors (Lipinski definition) is 3. The third-order valence-corrected chi connectivity index (χ3v) is 4.99. The average molecular weight is 391 g/mol. The van der Waals surface area contributed by atoms with Crippen molar-refractivity contribution in [3.05, 3.63) is 47.3 Å². The van der Waals surface area contributed by atoms with Crippen LogP contribution in [0.25, 0.3) is 0 Å². The van der Waals surface area contributed by atoms with Crippen LogP contribution in [0.4, 0.5) is 5.95 Å². The van der Waals surface area contributed by atoms with Gasteiger partial charge in [0, 0.05) is 29.9 Å².